The minimum atomic E-state index is -2.03. The number of ether oxygens (including phenoxy) is 4. The van der Waals surface area contributed by atoms with Gasteiger partial charge in [-0.2, -0.15) is 0 Å². The van der Waals surface area contributed by atoms with Gasteiger partial charge in [0.05, 0.1) is 23.3 Å². The molecular formula is C42H60BN5O14. The number of aromatic nitrogens is 3. The maximum atomic E-state index is 13.8. The van der Waals surface area contributed by atoms with Gasteiger partial charge in [0.25, 0.3) is 5.91 Å². The first-order valence-corrected chi connectivity index (χ1v) is 20.3. The maximum absolute atomic E-state index is 13.8. The summed E-state index contributed by atoms with van der Waals surface area (Å²) in [6.07, 6.45) is 0.201. The first-order chi connectivity index (χ1) is 29.0. The number of allylic oxidation sites excluding steroid dienone is 4. The molecule has 19 nitrogen and oxygen atoms in total. The molecular weight excluding hydrogens is 809 g/mol. The summed E-state index contributed by atoms with van der Waals surface area (Å²) >= 11 is 0. The Kier molecular flexibility index (Phi) is 19.3. The van der Waals surface area contributed by atoms with E-state index < -0.39 is 96.1 Å². The summed E-state index contributed by atoms with van der Waals surface area (Å²) in [5.74, 6) is -6.54. The molecule has 1 fully saturated rings. The molecule has 0 saturated carbocycles. The van der Waals surface area contributed by atoms with Crippen LogP contribution in [0.25, 0.3) is 0 Å². The van der Waals surface area contributed by atoms with Gasteiger partial charge in [0.15, 0.2) is 6.10 Å². The molecule has 0 aliphatic carbocycles. The van der Waals surface area contributed by atoms with Gasteiger partial charge in [-0.15, -0.1) is 5.10 Å². The highest BCUT2D eigenvalue weighted by Crippen LogP contribution is 2.28. The number of hydrogen-bond donors (Lipinski definition) is 7. The van der Waals surface area contributed by atoms with Crippen molar-refractivity contribution < 1.29 is 68.5 Å². The zero-order valence-electron chi connectivity index (χ0n) is 36.3. The molecule has 2 radical (unpaired) electrons. The minimum Gasteiger partial charge on any atom is -0.481 e. The Balaban J connectivity index is 1.64. The number of aliphatic hydroxyl groups is 3. The Morgan fingerprint density at radius 1 is 1.02 bits per heavy atom. The summed E-state index contributed by atoms with van der Waals surface area (Å²) in [5.41, 5.74) is 1.64. The highest BCUT2D eigenvalue weighted by atomic mass is 16.7. The van der Waals surface area contributed by atoms with Crippen molar-refractivity contribution in [3.63, 3.8) is 0 Å². The second kappa shape index (κ2) is 23.3. The Morgan fingerprint density at radius 2 is 1.73 bits per heavy atom. The first kappa shape index (κ1) is 51.2. The number of carbonyl (C=O) groups excluding carboxylic acids is 3. The molecule has 3 rings (SSSR count). The van der Waals surface area contributed by atoms with Crippen molar-refractivity contribution in [1.82, 2.24) is 25.6 Å². The van der Waals surface area contributed by atoms with E-state index in [1.54, 1.807) is 13.8 Å². The summed E-state index contributed by atoms with van der Waals surface area (Å²) in [6, 6.07) is 1.98. The van der Waals surface area contributed by atoms with Crippen molar-refractivity contribution in [2.75, 3.05) is 6.61 Å². The molecule has 1 aromatic carbocycles. The van der Waals surface area contributed by atoms with Crippen molar-refractivity contribution in [2.24, 2.45) is 0 Å². The van der Waals surface area contributed by atoms with Crippen LogP contribution in [0.15, 0.2) is 47.7 Å². The Labute approximate surface area is 362 Å². The van der Waals surface area contributed by atoms with Crippen molar-refractivity contribution in [3.8, 4) is 5.75 Å². The van der Waals surface area contributed by atoms with Gasteiger partial charge in [-0.1, -0.05) is 34.6 Å². The average Bonchev–Trinajstić information content (AvgIpc) is 3.62. The number of aliphatic hydroxyl groups excluding tert-OH is 3. The largest absolute Gasteiger partial charge is 0.481 e. The molecule has 20 heteroatoms. The van der Waals surface area contributed by atoms with E-state index in [-0.39, 0.29) is 24.3 Å². The third-order valence-corrected chi connectivity index (χ3v) is 10.1. The molecule has 7 N–H and O–H groups in total. The lowest BCUT2D eigenvalue weighted by Gasteiger charge is -2.38. The van der Waals surface area contributed by atoms with Crippen LogP contribution in [0.3, 0.4) is 0 Å². The molecule has 1 saturated heterocycles. The van der Waals surface area contributed by atoms with Gasteiger partial charge < -0.3 is 55.1 Å². The predicted octanol–water partition coefficient (Wildman–Crippen LogP) is 2.72. The van der Waals surface area contributed by atoms with Gasteiger partial charge in [0.1, 0.15) is 36.7 Å². The molecule has 2 aromatic rings. The monoisotopic (exact) mass is 869 g/mol. The molecule has 340 valence electrons. The zero-order chi connectivity index (χ0) is 46.4. The maximum Gasteiger partial charge on any atom is 0.335 e. The fourth-order valence-corrected chi connectivity index (χ4v) is 6.39. The Morgan fingerprint density at radius 3 is 2.37 bits per heavy atom. The number of aryl methyl sites for hydroxylation is 1. The smallest absolute Gasteiger partial charge is 0.335 e. The number of carboxylic acids is 2. The first-order valence-electron chi connectivity index (χ1n) is 20.3. The molecule has 0 spiro atoms. The van der Waals surface area contributed by atoms with Crippen molar-refractivity contribution in [3.05, 3.63) is 64.5 Å². The van der Waals surface area contributed by atoms with E-state index in [4.69, 9.17) is 26.8 Å². The molecule has 1 aliphatic heterocycles. The molecule has 2 amide bonds. The van der Waals surface area contributed by atoms with Crippen LogP contribution in [0.5, 0.6) is 5.75 Å². The number of hydrogen-bond acceptors (Lipinski definition) is 14. The summed E-state index contributed by atoms with van der Waals surface area (Å²) in [6.45, 7) is 14.0. The molecule has 1 aromatic heterocycles. The SMILES string of the molecule is [B]C(=O)OCc1ccc(O[C@@H]2O[C@H](C(=O)O)[C@@H](O)[C@H](O)[C@H]2O)c(C(=O)N[C@@H](CC(=O)O)C(=O)NC(C)(C)CCOC(C)(C)Cc2cn(CCC/C(C)=C/CC/C(C)=C/C)nn2)c1. The number of nitrogens with one attached hydrogen (secondary N) is 2. The lowest BCUT2D eigenvalue weighted by molar-refractivity contribution is -0.271. The lowest BCUT2D eigenvalue weighted by Crippen LogP contribution is -2.61. The average molecular weight is 870 g/mol. The van der Waals surface area contributed by atoms with E-state index >= 15 is 0 Å². The van der Waals surface area contributed by atoms with Crippen LogP contribution < -0.4 is 15.4 Å². The Hall–Kier alpha value is -5.15. The zero-order valence-corrected chi connectivity index (χ0v) is 36.3. The third-order valence-electron chi connectivity index (χ3n) is 10.1. The molecule has 0 unspecified atom stereocenters. The normalized spacial score (nSPS) is 20.3. The second-order valence-corrected chi connectivity index (χ2v) is 16.6. The van der Waals surface area contributed by atoms with Crippen LogP contribution >= 0.6 is 0 Å². The van der Waals surface area contributed by atoms with E-state index in [2.05, 4.69) is 53.9 Å². The number of amides is 2. The van der Waals surface area contributed by atoms with Crippen LogP contribution in [-0.2, 0) is 48.2 Å². The highest BCUT2D eigenvalue weighted by Gasteiger charge is 2.48. The molecule has 0 bridgehead atoms. The summed E-state index contributed by atoms with van der Waals surface area (Å²) in [7, 11) is 5.07. The van der Waals surface area contributed by atoms with Crippen LogP contribution in [0, 0.1) is 0 Å². The van der Waals surface area contributed by atoms with E-state index in [0.717, 1.165) is 50.1 Å². The van der Waals surface area contributed by atoms with Crippen LogP contribution in [0.1, 0.15) is 109 Å². The summed E-state index contributed by atoms with van der Waals surface area (Å²) in [5, 5.41) is 63.7. The van der Waals surface area contributed by atoms with Gasteiger partial charge in [0, 0.05) is 31.3 Å². The fourth-order valence-electron chi connectivity index (χ4n) is 6.39. The van der Waals surface area contributed by atoms with Gasteiger partial charge in [-0.25, -0.2) is 4.79 Å². The van der Waals surface area contributed by atoms with Crippen LogP contribution in [0.2, 0.25) is 0 Å². The number of nitrogens with zero attached hydrogens (tertiary/aromatic N) is 3. The van der Waals surface area contributed by atoms with Crippen LogP contribution in [-0.4, -0.2) is 132 Å². The molecule has 1 aliphatic rings. The van der Waals surface area contributed by atoms with Crippen molar-refractivity contribution in [1.29, 1.82) is 0 Å². The second-order valence-electron chi connectivity index (χ2n) is 16.6. The quantitative estimate of drug-likeness (QED) is 0.0590. The molecule has 2 heterocycles. The van der Waals surface area contributed by atoms with Gasteiger partial charge >= 0.3 is 11.9 Å². The van der Waals surface area contributed by atoms with E-state index in [9.17, 15) is 49.5 Å². The predicted molar refractivity (Wildman–Crippen MR) is 223 cm³/mol. The van der Waals surface area contributed by atoms with Crippen LogP contribution in [0.4, 0.5) is 4.79 Å². The Bertz CT molecular complexity index is 1930. The number of rotatable bonds is 24. The number of benzene rings is 1. The minimum absolute atomic E-state index is 0.179. The number of carbonyl (C=O) groups is 5. The van der Waals surface area contributed by atoms with Gasteiger partial charge in [0.2, 0.25) is 25.9 Å². The van der Waals surface area contributed by atoms with Crippen molar-refractivity contribution >= 4 is 37.5 Å². The van der Waals surface area contributed by atoms with E-state index in [1.165, 1.54) is 17.2 Å². The van der Waals surface area contributed by atoms with E-state index in [0.29, 0.717) is 6.42 Å². The molecule has 62 heavy (non-hydrogen) atoms. The number of carboxylic acid groups (broad SMARTS) is 2. The molecule has 6 atom stereocenters. The van der Waals surface area contributed by atoms with Gasteiger partial charge in [-0.3, -0.25) is 23.9 Å². The van der Waals surface area contributed by atoms with Crippen molar-refractivity contribution in [2.45, 2.75) is 154 Å². The summed E-state index contributed by atoms with van der Waals surface area (Å²) < 4.78 is 23.6. The highest BCUT2D eigenvalue weighted by molar-refractivity contribution is 6.55. The van der Waals surface area contributed by atoms with E-state index in [1.807, 2.05) is 24.7 Å². The van der Waals surface area contributed by atoms with Gasteiger partial charge in [-0.05, 0) is 98.3 Å². The topological polar surface area (TPSA) is 278 Å². The standard InChI is InChI=1S/C42H60BN5O14/c1-8-24(2)11-9-12-25(3)13-10-17-48-22-27(46-47-48)21-42(6,7)60-18-16-41(4,5)45-37(55)29(20-31(49)50)44-36(54)28-19-26(23-59-40(43)58)14-15-30(28)61-39-34(53)32(51)33(52)35(62-39)38(56)57/h8,12,14-15,19,22,29,32-35,39,51-53H,9-11,13,16-18,20-21,23H2,1-7H3,(H,44,54)(H,45,55)(H,49,50)(H,56,57)/b24-8+,25-12+/t29-,32-,33-,34+,35-,39+/m0/s1. The fraction of sp³-hybridized carbons (Fsp3) is 0.595. The lowest BCUT2D eigenvalue weighted by atomic mass is 9.98. The summed E-state index contributed by atoms with van der Waals surface area (Å²) in [4.78, 5) is 62.2. The third kappa shape index (κ3) is 16.6. The number of aliphatic carboxylic acids is 2.